The van der Waals surface area contributed by atoms with Crippen molar-refractivity contribution in [1.29, 1.82) is 0 Å². The summed E-state index contributed by atoms with van der Waals surface area (Å²) in [4.78, 5) is 50.6. The first-order valence-corrected chi connectivity index (χ1v) is 9.26. The fourth-order valence-electron chi connectivity index (χ4n) is 2.32. The fourth-order valence-corrected chi connectivity index (χ4v) is 2.32. The van der Waals surface area contributed by atoms with Crippen molar-refractivity contribution in [2.45, 2.75) is 39.3 Å². The van der Waals surface area contributed by atoms with E-state index in [-0.39, 0.29) is 16.9 Å². The number of anilines is 2. The molecule has 2 rings (SSSR count). The predicted molar refractivity (Wildman–Crippen MR) is 113 cm³/mol. The van der Waals surface area contributed by atoms with Crippen molar-refractivity contribution in [3.63, 3.8) is 0 Å². The van der Waals surface area contributed by atoms with Gasteiger partial charge in [0.05, 0.1) is 22.4 Å². The number of hydrogen-bond acceptors (Lipinski definition) is 7. The topological polar surface area (TPSA) is 153 Å². The maximum absolute atomic E-state index is 12.4. The summed E-state index contributed by atoms with van der Waals surface area (Å²) in [6.07, 6.45) is 1.95. The molecule has 2 aromatic rings. The van der Waals surface area contributed by atoms with Crippen molar-refractivity contribution >= 4 is 35.0 Å². The van der Waals surface area contributed by atoms with Crippen molar-refractivity contribution in [3.05, 3.63) is 58.4 Å². The second-order valence-corrected chi connectivity index (χ2v) is 7.58. The molecule has 0 fully saturated rings. The van der Waals surface area contributed by atoms with E-state index in [1.165, 1.54) is 49.6 Å². The van der Waals surface area contributed by atoms with E-state index in [1.54, 1.807) is 20.8 Å². The number of aromatic nitrogens is 1. The third-order valence-corrected chi connectivity index (χ3v) is 3.73. The number of hydrogen-bond donors (Lipinski definition) is 3. The van der Waals surface area contributed by atoms with Gasteiger partial charge in [-0.1, -0.05) is 0 Å². The lowest BCUT2D eigenvalue weighted by Gasteiger charge is -2.19. The average molecular weight is 429 g/mol. The van der Waals surface area contributed by atoms with Gasteiger partial charge in [0.25, 0.3) is 11.6 Å². The number of rotatable bonds is 6. The van der Waals surface area contributed by atoms with Crippen LogP contribution in [0.4, 0.5) is 21.9 Å². The van der Waals surface area contributed by atoms with E-state index in [4.69, 9.17) is 4.74 Å². The highest BCUT2D eigenvalue weighted by Gasteiger charge is 2.19. The van der Waals surface area contributed by atoms with E-state index in [0.717, 1.165) is 0 Å². The molecular formula is C20H23N5O6. The molecular weight excluding hydrogens is 406 g/mol. The zero-order valence-corrected chi connectivity index (χ0v) is 17.5. The number of carbonyl (C=O) groups excluding carboxylic acids is 3. The van der Waals surface area contributed by atoms with Crippen molar-refractivity contribution in [2.75, 3.05) is 10.6 Å². The summed E-state index contributed by atoms with van der Waals surface area (Å²) >= 11 is 0. The van der Waals surface area contributed by atoms with Gasteiger partial charge in [-0.2, -0.15) is 0 Å². The van der Waals surface area contributed by atoms with Gasteiger partial charge in [0.2, 0.25) is 5.91 Å². The third kappa shape index (κ3) is 7.38. The maximum Gasteiger partial charge on any atom is 0.412 e. The molecule has 0 bridgehead atoms. The van der Waals surface area contributed by atoms with Crippen LogP contribution in [-0.4, -0.2) is 39.5 Å². The zero-order valence-electron chi connectivity index (χ0n) is 17.5. The number of amides is 3. The Bertz CT molecular complexity index is 984. The molecule has 1 heterocycles. The van der Waals surface area contributed by atoms with Crippen LogP contribution in [0.25, 0.3) is 0 Å². The SMILES string of the molecule is C[C@@H](NC(=O)c1cncc(NC(=O)OC(C)(C)C)c1)C(=O)Nc1ccc([N+](=O)[O-])cc1. The lowest BCUT2D eigenvalue weighted by atomic mass is 10.2. The number of nitro benzene ring substituents is 1. The van der Waals surface area contributed by atoms with Gasteiger partial charge >= 0.3 is 6.09 Å². The molecule has 0 aliphatic carbocycles. The normalized spacial score (nSPS) is 11.7. The first kappa shape index (κ1) is 23.3. The lowest BCUT2D eigenvalue weighted by molar-refractivity contribution is -0.384. The lowest BCUT2D eigenvalue weighted by Crippen LogP contribution is -2.41. The minimum atomic E-state index is -0.912. The third-order valence-electron chi connectivity index (χ3n) is 3.73. The standard InChI is InChI=1S/C20H23N5O6/c1-12(17(26)23-14-5-7-16(8-6-14)25(29)30)22-18(27)13-9-15(11-21-10-13)24-19(28)31-20(2,3)4/h5-12H,1-4H3,(H,22,27)(H,23,26)(H,24,28)/t12-/m1/s1. The molecule has 3 amide bonds. The Morgan fingerprint density at radius 2 is 1.71 bits per heavy atom. The minimum absolute atomic E-state index is 0.105. The summed E-state index contributed by atoms with van der Waals surface area (Å²) in [5.41, 5.74) is -0.0547. The maximum atomic E-state index is 12.4. The molecule has 0 spiro atoms. The zero-order chi connectivity index (χ0) is 23.2. The van der Waals surface area contributed by atoms with Gasteiger partial charge in [-0.25, -0.2) is 4.79 Å². The first-order valence-electron chi connectivity index (χ1n) is 9.26. The van der Waals surface area contributed by atoms with E-state index in [9.17, 15) is 24.5 Å². The molecule has 0 saturated heterocycles. The van der Waals surface area contributed by atoms with Crippen molar-refractivity contribution in [3.8, 4) is 0 Å². The average Bonchev–Trinajstić information content (AvgIpc) is 2.66. The molecule has 0 unspecified atom stereocenters. The van der Waals surface area contributed by atoms with Crippen LogP contribution in [0.15, 0.2) is 42.7 Å². The smallest absolute Gasteiger partial charge is 0.412 e. The quantitative estimate of drug-likeness (QED) is 0.471. The highest BCUT2D eigenvalue weighted by Crippen LogP contribution is 2.16. The number of pyridine rings is 1. The fraction of sp³-hybridized carbons (Fsp3) is 0.300. The van der Waals surface area contributed by atoms with Gasteiger partial charge in [-0.15, -0.1) is 0 Å². The second-order valence-electron chi connectivity index (χ2n) is 7.58. The van der Waals surface area contributed by atoms with Crippen LogP contribution in [0.2, 0.25) is 0 Å². The minimum Gasteiger partial charge on any atom is -0.444 e. The molecule has 1 aromatic heterocycles. The molecule has 1 atom stereocenters. The number of nitro groups is 1. The molecule has 3 N–H and O–H groups in total. The molecule has 1 aromatic carbocycles. The predicted octanol–water partition coefficient (Wildman–Crippen LogP) is 3.09. The Morgan fingerprint density at radius 3 is 2.29 bits per heavy atom. The van der Waals surface area contributed by atoms with E-state index < -0.39 is 34.5 Å². The summed E-state index contributed by atoms with van der Waals surface area (Å²) in [6, 6.07) is 5.78. The molecule has 11 nitrogen and oxygen atoms in total. The number of benzene rings is 1. The number of ether oxygens (including phenoxy) is 1. The Kier molecular flexibility index (Phi) is 7.24. The molecule has 31 heavy (non-hydrogen) atoms. The molecule has 0 aliphatic rings. The molecule has 11 heteroatoms. The Morgan fingerprint density at radius 1 is 1.06 bits per heavy atom. The summed E-state index contributed by atoms with van der Waals surface area (Å²) in [7, 11) is 0. The van der Waals surface area contributed by atoms with Gasteiger partial charge in [0.1, 0.15) is 11.6 Å². The number of nitrogens with one attached hydrogen (secondary N) is 3. The highest BCUT2D eigenvalue weighted by atomic mass is 16.6. The second kappa shape index (κ2) is 9.65. The van der Waals surface area contributed by atoms with E-state index in [0.29, 0.717) is 5.69 Å². The van der Waals surface area contributed by atoms with Crippen molar-refractivity contribution < 1.29 is 24.0 Å². The van der Waals surface area contributed by atoms with Gasteiger partial charge in [0.15, 0.2) is 0 Å². The molecule has 0 saturated carbocycles. The largest absolute Gasteiger partial charge is 0.444 e. The summed E-state index contributed by atoms with van der Waals surface area (Å²) < 4.78 is 5.15. The van der Waals surface area contributed by atoms with E-state index in [2.05, 4.69) is 20.9 Å². The van der Waals surface area contributed by atoms with Crippen LogP contribution in [0, 0.1) is 10.1 Å². The van der Waals surface area contributed by atoms with Crippen molar-refractivity contribution in [2.24, 2.45) is 0 Å². The van der Waals surface area contributed by atoms with E-state index >= 15 is 0 Å². The number of carbonyl (C=O) groups is 3. The Labute approximate surface area is 178 Å². The van der Waals surface area contributed by atoms with Gasteiger partial charge in [-0.05, 0) is 45.9 Å². The summed E-state index contributed by atoms with van der Waals surface area (Å²) in [5, 5.41) is 18.2. The Hall–Kier alpha value is -4.02. The molecule has 0 radical (unpaired) electrons. The van der Waals surface area contributed by atoms with Crippen LogP contribution >= 0.6 is 0 Å². The van der Waals surface area contributed by atoms with Crippen LogP contribution in [-0.2, 0) is 9.53 Å². The van der Waals surface area contributed by atoms with Gasteiger partial charge in [0, 0.05) is 24.0 Å². The molecule has 164 valence electrons. The highest BCUT2D eigenvalue weighted by molar-refractivity contribution is 6.01. The van der Waals surface area contributed by atoms with Gasteiger partial charge < -0.3 is 15.4 Å². The number of non-ortho nitro benzene ring substituents is 1. The van der Waals surface area contributed by atoms with Crippen LogP contribution in [0.5, 0.6) is 0 Å². The summed E-state index contributed by atoms with van der Waals surface area (Å²) in [5.74, 6) is -1.09. The van der Waals surface area contributed by atoms with Crippen molar-refractivity contribution in [1.82, 2.24) is 10.3 Å². The first-order chi connectivity index (χ1) is 14.4. The Balaban J connectivity index is 1.96. The van der Waals surface area contributed by atoms with Crippen LogP contribution in [0.3, 0.4) is 0 Å². The van der Waals surface area contributed by atoms with Crippen LogP contribution in [0.1, 0.15) is 38.1 Å². The van der Waals surface area contributed by atoms with Gasteiger partial charge in [-0.3, -0.25) is 30.0 Å². The van der Waals surface area contributed by atoms with Crippen LogP contribution < -0.4 is 16.0 Å². The number of nitrogens with zero attached hydrogens (tertiary/aromatic N) is 2. The summed E-state index contributed by atoms with van der Waals surface area (Å²) in [6.45, 7) is 6.64. The van der Waals surface area contributed by atoms with E-state index in [1.807, 2.05) is 0 Å². The molecule has 0 aliphatic heterocycles. The monoisotopic (exact) mass is 429 g/mol.